The van der Waals surface area contributed by atoms with E-state index < -0.39 is 18.0 Å². The van der Waals surface area contributed by atoms with E-state index in [2.05, 4.69) is 5.32 Å². The number of amides is 2. The molecule has 124 valence electrons. The van der Waals surface area contributed by atoms with Crippen LogP contribution in [0.2, 0.25) is 0 Å². The molecule has 0 spiro atoms. The molecule has 2 N–H and O–H groups in total. The molecule has 0 saturated carbocycles. The Balaban J connectivity index is 2.60. The molecule has 0 aromatic rings. The van der Waals surface area contributed by atoms with Crippen molar-refractivity contribution in [2.75, 3.05) is 19.7 Å². The Morgan fingerprint density at radius 3 is 2.73 bits per heavy atom. The highest BCUT2D eigenvalue weighted by Crippen LogP contribution is 2.13. The molecule has 0 aliphatic carbocycles. The summed E-state index contributed by atoms with van der Waals surface area (Å²) >= 11 is 0. The Hall–Kier alpha value is -2.12. The monoisotopic (exact) mass is 314 g/mol. The largest absolute Gasteiger partial charge is 0.481 e. The molecule has 1 aliphatic rings. The zero-order chi connectivity index (χ0) is 16.5. The molecule has 1 aliphatic heterocycles. The van der Waals surface area contributed by atoms with Crippen LogP contribution < -0.4 is 5.32 Å². The normalized spacial score (nSPS) is 17.8. The molecule has 1 saturated heterocycles. The first-order chi connectivity index (χ1) is 10.5. The fourth-order valence-electron chi connectivity index (χ4n) is 2.18. The third kappa shape index (κ3) is 5.71. The number of ether oxygens (including phenoxy) is 1. The highest BCUT2D eigenvalue weighted by Gasteiger charge is 2.34. The maximum Gasteiger partial charge on any atom is 0.308 e. The summed E-state index contributed by atoms with van der Waals surface area (Å²) in [5.41, 5.74) is 0. The number of rotatable bonds is 8. The molecule has 1 heterocycles. The minimum atomic E-state index is -0.969. The van der Waals surface area contributed by atoms with E-state index >= 15 is 0 Å². The standard InChI is InChI=1S/C14H22N2O6/c1-2-8-22-13(20)9-10-14(21)15-6-7-16(10)11(17)4-3-5-12(18)19/h10H,2-9H2,1H3,(H,15,21)(H,18,19). The van der Waals surface area contributed by atoms with Crippen LogP contribution >= 0.6 is 0 Å². The van der Waals surface area contributed by atoms with E-state index in [1.165, 1.54) is 4.90 Å². The van der Waals surface area contributed by atoms with Crippen LogP contribution in [0.25, 0.3) is 0 Å². The van der Waals surface area contributed by atoms with Gasteiger partial charge in [0, 0.05) is 25.9 Å². The number of carbonyl (C=O) groups excluding carboxylic acids is 3. The number of piperazine rings is 1. The minimum Gasteiger partial charge on any atom is -0.481 e. The topological polar surface area (TPSA) is 113 Å². The lowest BCUT2D eigenvalue weighted by molar-refractivity contribution is -0.152. The highest BCUT2D eigenvalue weighted by molar-refractivity contribution is 5.92. The SMILES string of the molecule is CCCOC(=O)CC1C(=O)NCCN1C(=O)CCCC(=O)O. The second-order valence-electron chi connectivity index (χ2n) is 5.07. The van der Waals surface area contributed by atoms with Crippen LogP contribution in [-0.4, -0.2) is 59.5 Å². The van der Waals surface area contributed by atoms with Gasteiger partial charge in [-0.3, -0.25) is 19.2 Å². The second-order valence-corrected chi connectivity index (χ2v) is 5.07. The molecule has 1 atom stereocenters. The number of esters is 1. The third-order valence-electron chi connectivity index (χ3n) is 3.26. The molecule has 8 nitrogen and oxygen atoms in total. The average Bonchev–Trinajstić information content (AvgIpc) is 2.46. The van der Waals surface area contributed by atoms with Crippen LogP contribution in [0, 0.1) is 0 Å². The zero-order valence-corrected chi connectivity index (χ0v) is 12.7. The van der Waals surface area contributed by atoms with E-state index in [1.807, 2.05) is 6.92 Å². The van der Waals surface area contributed by atoms with Crippen molar-refractivity contribution in [2.24, 2.45) is 0 Å². The van der Waals surface area contributed by atoms with Crippen molar-refractivity contribution in [1.82, 2.24) is 10.2 Å². The first-order valence-electron chi connectivity index (χ1n) is 7.40. The zero-order valence-electron chi connectivity index (χ0n) is 12.7. The fraction of sp³-hybridized carbons (Fsp3) is 0.714. The van der Waals surface area contributed by atoms with Crippen LogP contribution in [-0.2, 0) is 23.9 Å². The Kier molecular flexibility index (Phi) is 7.34. The lowest BCUT2D eigenvalue weighted by atomic mass is 10.1. The van der Waals surface area contributed by atoms with Gasteiger partial charge in [-0.2, -0.15) is 0 Å². The fourth-order valence-corrected chi connectivity index (χ4v) is 2.18. The van der Waals surface area contributed by atoms with Crippen molar-refractivity contribution >= 4 is 23.8 Å². The Labute approximate surface area is 128 Å². The van der Waals surface area contributed by atoms with E-state index in [1.54, 1.807) is 0 Å². The van der Waals surface area contributed by atoms with Crippen molar-refractivity contribution < 1.29 is 29.0 Å². The van der Waals surface area contributed by atoms with Crippen molar-refractivity contribution in [2.45, 2.75) is 45.1 Å². The summed E-state index contributed by atoms with van der Waals surface area (Å²) in [6, 6.07) is -0.879. The van der Waals surface area contributed by atoms with Gasteiger partial charge >= 0.3 is 11.9 Å². The minimum absolute atomic E-state index is 0.0418. The van der Waals surface area contributed by atoms with Crippen LogP contribution in [0.5, 0.6) is 0 Å². The van der Waals surface area contributed by atoms with Crippen LogP contribution in [0.1, 0.15) is 39.0 Å². The molecule has 0 aromatic carbocycles. The molecule has 8 heteroatoms. The summed E-state index contributed by atoms with van der Waals surface area (Å²) < 4.78 is 4.95. The Morgan fingerprint density at radius 1 is 1.36 bits per heavy atom. The number of nitrogens with zero attached hydrogens (tertiary/aromatic N) is 1. The molecular weight excluding hydrogens is 292 g/mol. The van der Waals surface area contributed by atoms with Gasteiger partial charge in [0.2, 0.25) is 11.8 Å². The van der Waals surface area contributed by atoms with Crippen molar-refractivity contribution in [3.05, 3.63) is 0 Å². The second kappa shape index (κ2) is 9.01. The lowest BCUT2D eigenvalue weighted by Crippen LogP contribution is -2.57. The van der Waals surface area contributed by atoms with Gasteiger partial charge in [0.05, 0.1) is 13.0 Å². The summed E-state index contributed by atoms with van der Waals surface area (Å²) in [6.07, 6.45) is 0.644. The average molecular weight is 314 g/mol. The van der Waals surface area contributed by atoms with Gasteiger partial charge in [-0.15, -0.1) is 0 Å². The van der Waals surface area contributed by atoms with Crippen molar-refractivity contribution in [3.63, 3.8) is 0 Å². The number of carboxylic acid groups (broad SMARTS) is 1. The number of hydrogen-bond donors (Lipinski definition) is 2. The number of carboxylic acids is 1. The van der Waals surface area contributed by atoms with Gasteiger partial charge in [-0.1, -0.05) is 6.92 Å². The predicted molar refractivity (Wildman–Crippen MR) is 75.9 cm³/mol. The third-order valence-corrected chi connectivity index (χ3v) is 3.26. The molecule has 1 rings (SSSR count). The molecule has 1 unspecified atom stereocenters. The molecule has 1 fully saturated rings. The van der Waals surface area contributed by atoms with Gasteiger partial charge in [0.25, 0.3) is 0 Å². The quantitative estimate of drug-likeness (QED) is 0.605. The van der Waals surface area contributed by atoms with Crippen LogP contribution in [0.3, 0.4) is 0 Å². The van der Waals surface area contributed by atoms with E-state index in [0.29, 0.717) is 19.5 Å². The van der Waals surface area contributed by atoms with Gasteiger partial charge in [0.15, 0.2) is 0 Å². The lowest BCUT2D eigenvalue weighted by Gasteiger charge is -2.34. The number of nitrogens with one attached hydrogen (secondary N) is 1. The summed E-state index contributed by atoms with van der Waals surface area (Å²) in [4.78, 5) is 47.5. The molecule has 0 aromatic heterocycles. The first-order valence-corrected chi connectivity index (χ1v) is 7.40. The first kappa shape index (κ1) is 17.9. The smallest absolute Gasteiger partial charge is 0.308 e. The Bertz CT molecular complexity index is 437. The van der Waals surface area contributed by atoms with Crippen LogP contribution in [0.4, 0.5) is 0 Å². The van der Waals surface area contributed by atoms with Crippen LogP contribution in [0.15, 0.2) is 0 Å². The number of hydrogen-bond acceptors (Lipinski definition) is 5. The predicted octanol–water partition coefficient (Wildman–Crippen LogP) is -0.0884. The number of carbonyl (C=O) groups is 4. The summed E-state index contributed by atoms with van der Waals surface area (Å²) in [7, 11) is 0. The molecule has 2 amide bonds. The van der Waals surface area contributed by atoms with Crippen molar-refractivity contribution in [1.29, 1.82) is 0 Å². The van der Waals surface area contributed by atoms with Crippen molar-refractivity contribution in [3.8, 4) is 0 Å². The van der Waals surface area contributed by atoms with E-state index in [9.17, 15) is 19.2 Å². The van der Waals surface area contributed by atoms with E-state index in [0.717, 1.165) is 0 Å². The van der Waals surface area contributed by atoms with E-state index in [4.69, 9.17) is 9.84 Å². The molecule has 0 bridgehead atoms. The van der Waals surface area contributed by atoms with Gasteiger partial charge in [-0.25, -0.2) is 0 Å². The molecule has 0 radical (unpaired) electrons. The molecule has 22 heavy (non-hydrogen) atoms. The summed E-state index contributed by atoms with van der Waals surface area (Å²) in [6.45, 7) is 2.77. The maximum atomic E-state index is 12.1. The van der Waals surface area contributed by atoms with Gasteiger partial charge < -0.3 is 20.1 Å². The Morgan fingerprint density at radius 2 is 2.09 bits per heavy atom. The van der Waals surface area contributed by atoms with E-state index in [-0.39, 0.29) is 44.1 Å². The number of aliphatic carboxylic acids is 1. The van der Waals surface area contributed by atoms with Gasteiger partial charge in [0.1, 0.15) is 6.04 Å². The highest BCUT2D eigenvalue weighted by atomic mass is 16.5. The summed E-state index contributed by atoms with van der Waals surface area (Å²) in [5, 5.41) is 11.2. The molecular formula is C14H22N2O6. The summed E-state index contributed by atoms with van der Waals surface area (Å²) in [5.74, 6) is -2.19. The maximum absolute atomic E-state index is 12.1. The van der Waals surface area contributed by atoms with Gasteiger partial charge in [-0.05, 0) is 12.8 Å².